The summed E-state index contributed by atoms with van der Waals surface area (Å²) < 4.78 is 28.3. The fourth-order valence-electron chi connectivity index (χ4n) is 4.28. The molecule has 146 valence electrons. The summed E-state index contributed by atoms with van der Waals surface area (Å²) in [6.45, 7) is 1.78. The van der Waals surface area contributed by atoms with Gasteiger partial charge in [-0.1, -0.05) is 30.3 Å². The zero-order chi connectivity index (χ0) is 19.3. The van der Waals surface area contributed by atoms with Crippen LogP contribution < -0.4 is 10.2 Å². The Hall–Kier alpha value is -1.72. The van der Waals surface area contributed by atoms with Crippen molar-refractivity contribution < 1.29 is 8.42 Å². The molecule has 2 saturated heterocycles. The summed E-state index contributed by atoms with van der Waals surface area (Å²) in [5, 5.41) is 4.41. The van der Waals surface area contributed by atoms with E-state index in [9.17, 15) is 8.42 Å². The van der Waals surface area contributed by atoms with Crippen molar-refractivity contribution in [1.82, 2.24) is 19.3 Å². The highest BCUT2D eigenvalue weighted by Crippen LogP contribution is 2.32. The van der Waals surface area contributed by atoms with E-state index in [0.717, 1.165) is 29.9 Å². The number of rotatable bonds is 4. The number of anilines is 1. The van der Waals surface area contributed by atoms with Gasteiger partial charge in [-0.3, -0.25) is 0 Å². The minimum Gasteiger partial charge on any atom is -0.353 e. The number of halogens is 1. The van der Waals surface area contributed by atoms with Gasteiger partial charge in [0.1, 0.15) is 12.1 Å². The maximum atomic E-state index is 13.2. The summed E-state index contributed by atoms with van der Waals surface area (Å²) >= 11 is 2.07. The van der Waals surface area contributed by atoms with Crippen molar-refractivity contribution in [2.24, 2.45) is 0 Å². The Bertz CT molecular complexity index is 1120. The monoisotopic (exact) mass is 509 g/mol. The van der Waals surface area contributed by atoms with Crippen LogP contribution in [0, 0.1) is 3.70 Å². The SMILES string of the molecule is O=S(=O)(Cc1ccccc1)n1c(I)cc2c(N3CC4CCC(C3)N4)ncnc21. The van der Waals surface area contributed by atoms with Gasteiger partial charge in [-0.2, -0.15) is 0 Å². The molecule has 9 heteroatoms. The van der Waals surface area contributed by atoms with Gasteiger partial charge in [0.2, 0.25) is 10.0 Å². The van der Waals surface area contributed by atoms with Crippen LogP contribution in [0.5, 0.6) is 0 Å². The van der Waals surface area contributed by atoms with Crippen molar-refractivity contribution >= 4 is 49.5 Å². The normalized spacial score (nSPS) is 22.1. The lowest BCUT2D eigenvalue weighted by molar-refractivity contribution is 0.464. The molecule has 0 saturated carbocycles. The van der Waals surface area contributed by atoms with Crippen LogP contribution in [-0.2, 0) is 15.8 Å². The quantitative estimate of drug-likeness (QED) is 0.545. The van der Waals surface area contributed by atoms with E-state index in [1.54, 1.807) is 0 Å². The van der Waals surface area contributed by atoms with Crippen LogP contribution >= 0.6 is 22.6 Å². The maximum absolute atomic E-state index is 13.2. The van der Waals surface area contributed by atoms with Crippen molar-refractivity contribution in [1.29, 1.82) is 0 Å². The second-order valence-corrected chi connectivity index (χ2v) is 10.4. The minimum atomic E-state index is -3.60. The smallest absolute Gasteiger partial charge is 0.245 e. The van der Waals surface area contributed by atoms with E-state index in [1.165, 1.54) is 23.1 Å². The molecule has 0 radical (unpaired) electrons. The van der Waals surface area contributed by atoms with Gasteiger partial charge in [-0.15, -0.1) is 0 Å². The topological polar surface area (TPSA) is 80.1 Å². The van der Waals surface area contributed by atoms with Gasteiger partial charge in [0.05, 0.1) is 14.8 Å². The standard InChI is InChI=1S/C19H20IN5O2S/c20-17-8-16-18(24-9-14-6-7-15(10-24)23-14)21-12-22-19(16)25(17)28(26,27)11-13-4-2-1-3-5-13/h1-5,8,12,14-15,23H,6-7,9-11H2. The molecule has 2 fully saturated rings. The van der Waals surface area contributed by atoms with Gasteiger partial charge in [-0.25, -0.2) is 22.4 Å². The molecule has 2 aliphatic heterocycles. The first-order valence-electron chi connectivity index (χ1n) is 9.31. The van der Waals surface area contributed by atoms with Crippen LogP contribution in [0.3, 0.4) is 0 Å². The number of nitrogens with zero attached hydrogens (tertiary/aromatic N) is 4. The highest BCUT2D eigenvalue weighted by atomic mass is 127. The summed E-state index contributed by atoms with van der Waals surface area (Å²) in [6, 6.07) is 12.1. The first-order chi connectivity index (χ1) is 13.5. The van der Waals surface area contributed by atoms with Gasteiger partial charge in [0.25, 0.3) is 0 Å². The molecule has 3 aromatic rings. The molecule has 4 heterocycles. The van der Waals surface area contributed by atoms with Crippen LogP contribution in [0.4, 0.5) is 5.82 Å². The van der Waals surface area contributed by atoms with Crippen LogP contribution in [0.2, 0.25) is 0 Å². The first kappa shape index (κ1) is 18.3. The molecule has 0 amide bonds. The lowest BCUT2D eigenvalue weighted by atomic mass is 10.2. The molecule has 2 aromatic heterocycles. The maximum Gasteiger partial charge on any atom is 0.245 e. The lowest BCUT2D eigenvalue weighted by Gasteiger charge is -2.33. The van der Waals surface area contributed by atoms with Crippen LogP contribution in [0.1, 0.15) is 18.4 Å². The van der Waals surface area contributed by atoms with Crippen molar-refractivity contribution in [3.05, 3.63) is 52.0 Å². The van der Waals surface area contributed by atoms with Crippen LogP contribution in [-0.4, -0.2) is 47.5 Å². The highest BCUT2D eigenvalue weighted by molar-refractivity contribution is 14.1. The largest absolute Gasteiger partial charge is 0.353 e. The van der Waals surface area contributed by atoms with E-state index in [2.05, 4.69) is 42.8 Å². The van der Waals surface area contributed by atoms with Gasteiger partial charge in [0.15, 0.2) is 5.65 Å². The molecule has 7 nitrogen and oxygen atoms in total. The molecule has 0 spiro atoms. The molecule has 0 aliphatic carbocycles. The Morgan fingerprint density at radius 3 is 2.54 bits per heavy atom. The van der Waals surface area contributed by atoms with Crippen molar-refractivity contribution in [2.75, 3.05) is 18.0 Å². The number of nitrogens with one attached hydrogen (secondary N) is 1. The molecule has 1 N–H and O–H groups in total. The van der Waals surface area contributed by atoms with Gasteiger partial charge in [0, 0.05) is 25.2 Å². The third kappa shape index (κ3) is 3.18. The zero-order valence-corrected chi connectivity index (χ0v) is 18.1. The molecule has 2 atom stereocenters. The molecule has 5 rings (SSSR count). The molecular formula is C19H20IN5O2S. The number of aromatic nitrogens is 3. The average Bonchev–Trinajstić information content (AvgIpc) is 3.20. The van der Waals surface area contributed by atoms with Crippen molar-refractivity contribution in [3.63, 3.8) is 0 Å². The number of hydrogen-bond acceptors (Lipinski definition) is 6. The average molecular weight is 509 g/mol. The summed E-state index contributed by atoms with van der Waals surface area (Å²) in [4.78, 5) is 11.1. The number of hydrogen-bond donors (Lipinski definition) is 1. The number of piperazine rings is 1. The van der Waals surface area contributed by atoms with E-state index in [0.29, 0.717) is 21.4 Å². The Kier molecular flexibility index (Phi) is 4.55. The van der Waals surface area contributed by atoms with Gasteiger partial charge < -0.3 is 10.2 Å². The molecular weight excluding hydrogens is 489 g/mol. The minimum absolute atomic E-state index is 0.0647. The second-order valence-electron chi connectivity index (χ2n) is 7.45. The van der Waals surface area contributed by atoms with Crippen LogP contribution in [0.25, 0.3) is 11.0 Å². The fraction of sp³-hybridized carbons (Fsp3) is 0.368. The van der Waals surface area contributed by atoms with Crippen molar-refractivity contribution in [2.45, 2.75) is 30.7 Å². The van der Waals surface area contributed by atoms with E-state index >= 15 is 0 Å². The third-order valence-corrected chi connectivity index (χ3v) is 8.22. The number of benzene rings is 1. The van der Waals surface area contributed by atoms with Gasteiger partial charge in [-0.05, 0) is 47.1 Å². The first-order valence-corrected chi connectivity index (χ1v) is 12.0. The second kappa shape index (κ2) is 6.96. The molecule has 2 bridgehead atoms. The van der Waals surface area contributed by atoms with E-state index in [4.69, 9.17) is 0 Å². The van der Waals surface area contributed by atoms with E-state index in [-0.39, 0.29) is 5.75 Å². The Morgan fingerprint density at radius 1 is 1.11 bits per heavy atom. The number of fused-ring (bicyclic) bond motifs is 3. The molecule has 2 aliphatic rings. The Labute approximate surface area is 177 Å². The Balaban J connectivity index is 1.57. The van der Waals surface area contributed by atoms with Gasteiger partial charge >= 0.3 is 0 Å². The summed E-state index contributed by atoms with van der Waals surface area (Å²) in [5.74, 6) is 0.764. The summed E-state index contributed by atoms with van der Waals surface area (Å²) in [6.07, 6.45) is 3.84. The highest BCUT2D eigenvalue weighted by Gasteiger charge is 2.34. The molecule has 1 aromatic carbocycles. The molecule has 28 heavy (non-hydrogen) atoms. The van der Waals surface area contributed by atoms with Crippen LogP contribution in [0.15, 0.2) is 42.7 Å². The Morgan fingerprint density at radius 2 is 1.82 bits per heavy atom. The fourth-order valence-corrected chi connectivity index (χ4v) is 7.19. The summed E-state index contributed by atoms with van der Waals surface area (Å²) in [7, 11) is -3.60. The molecule has 2 unspecified atom stereocenters. The van der Waals surface area contributed by atoms with Crippen molar-refractivity contribution in [3.8, 4) is 0 Å². The summed E-state index contributed by atoms with van der Waals surface area (Å²) in [5.41, 5.74) is 1.21. The zero-order valence-electron chi connectivity index (χ0n) is 15.1. The predicted octanol–water partition coefficient (Wildman–Crippen LogP) is 2.35. The van der Waals surface area contributed by atoms with E-state index < -0.39 is 10.0 Å². The predicted molar refractivity (Wildman–Crippen MR) is 117 cm³/mol. The third-order valence-electron chi connectivity index (χ3n) is 5.48. The van der Waals surface area contributed by atoms with E-state index in [1.807, 2.05) is 36.4 Å². The lowest BCUT2D eigenvalue weighted by Crippen LogP contribution is -2.51.